The Morgan fingerprint density at radius 2 is 1.87 bits per heavy atom. The average Bonchev–Trinajstić information content (AvgIpc) is 2.54. The fourth-order valence-electron chi connectivity index (χ4n) is 1.81. The molecule has 2 aromatic rings. The second kappa shape index (κ2) is 7.89. The molecule has 5 heteroatoms. The summed E-state index contributed by atoms with van der Waals surface area (Å²) in [5.41, 5.74) is 1.15. The number of benzene rings is 2. The van der Waals surface area contributed by atoms with Crippen LogP contribution in [-0.2, 0) is 14.3 Å². The predicted octanol–water partition coefficient (Wildman–Crippen LogP) is 3.41. The molecule has 0 saturated heterocycles. The molecule has 0 aliphatic carbocycles. The van der Waals surface area contributed by atoms with Crippen molar-refractivity contribution in [1.29, 1.82) is 0 Å². The van der Waals surface area contributed by atoms with E-state index in [0.717, 1.165) is 6.08 Å². The molecule has 4 nitrogen and oxygen atoms in total. The van der Waals surface area contributed by atoms with Crippen LogP contribution < -0.4 is 5.32 Å². The van der Waals surface area contributed by atoms with Gasteiger partial charge in [-0.15, -0.1) is 0 Å². The number of halogens is 1. The third kappa shape index (κ3) is 5.39. The lowest BCUT2D eigenvalue weighted by Gasteiger charge is -2.12. The van der Waals surface area contributed by atoms with Crippen molar-refractivity contribution >= 4 is 23.6 Å². The largest absolute Gasteiger partial charge is 0.449 e. The van der Waals surface area contributed by atoms with E-state index in [9.17, 15) is 14.0 Å². The first-order chi connectivity index (χ1) is 11.0. The summed E-state index contributed by atoms with van der Waals surface area (Å²) in [5, 5.41) is 2.64. The number of esters is 1. The Labute approximate surface area is 133 Å². The zero-order valence-electron chi connectivity index (χ0n) is 12.5. The van der Waals surface area contributed by atoms with Crippen molar-refractivity contribution in [2.45, 2.75) is 13.0 Å². The van der Waals surface area contributed by atoms with E-state index in [1.807, 2.05) is 6.07 Å². The number of carbonyl (C=O) groups is 2. The van der Waals surface area contributed by atoms with Gasteiger partial charge in [-0.1, -0.05) is 30.3 Å². The Morgan fingerprint density at radius 1 is 1.13 bits per heavy atom. The van der Waals surface area contributed by atoms with Crippen molar-refractivity contribution in [2.75, 3.05) is 5.32 Å². The molecule has 1 amide bonds. The number of rotatable bonds is 5. The van der Waals surface area contributed by atoms with Gasteiger partial charge >= 0.3 is 5.97 Å². The van der Waals surface area contributed by atoms with Crippen molar-refractivity contribution in [3.63, 3.8) is 0 Å². The van der Waals surface area contributed by atoms with Gasteiger partial charge in [-0.3, -0.25) is 4.79 Å². The molecule has 1 atom stereocenters. The smallest absolute Gasteiger partial charge is 0.331 e. The minimum Gasteiger partial charge on any atom is -0.449 e. The molecule has 0 heterocycles. The second-order valence-corrected chi connectivity index (χ2v) is 4.82. The number of carbonyl (C=O) groups excluding carboxylic acids is 2. The Morgan fingerprint density at radius 3 is 2.57 bits per heavy atom. The molecule has 0 aliphatic rings. The molecular formula is C18H16FNO3. The summed E-state index contributed by atoms with van der Waals surface area (Å²) in [7, 11) is 0. The van der Waals surface area contributed by atoms with Crippen LogP contribution in [0.15, 0.2) is 60.7 Å². The van der Waals surface area contributed by atoms with Crippen molar-refractivity contribution in [3.05, 3.63) is 72.1 Å². The van der Waals surface area contributed by atoms with E-state index in [0.29, 0.717) is 11.3 Å². The summed E-state index contributed by atoms with van der Waals surface area (Å²) < 4.78 is 18.0. The van der Waals surface area contributed by atoms with Crippen LogP contribution in [0.4, 0.5) is 10.1 Å². The zero-order valence-corrected chi connectivity index (χ0v) is 12.5. The van der Waals surface area contributed by atoms with Gasteiger partial charge in [-0.25, -0.2) is 9.18 Å². The van der Waals surface area contributed by atoms with Gasteiger partial charge in [-0.05, 0) is 42.8 Å². The molecule has 0 fully saturated rings. The highest BCUT2D eigenvalue weighted by Gasteiger charge is 2.16. The van der Waals surface area contributed by atoms with Gasteiger partial charge in [0.25, 0.3) is 5.91 Å². The van der Waals surface area contributed by atoms with Gasteiger partial charge in [0.05, 0.1) is 0 Å². The normalized spacial score (nSPS) is 11.9. The number of nitrogens with one attached hydrogen (secondary N) is 1. The Bertz CT molecular complexity index is 713. The maximum Gasteiger partial charge on any atom is 0.331 e. The number of hydrogen-bond donors (Lipinski definition) is 1. The molecule has 0 unspecified atom stereocenters. The lowest BCUT2D eigenvalue weighted by atomic mass is 10.2. The van der Waals surface area contributed by atoms with E-state index in [-0.39, 0.29) is 0 Å². The lowest BCUT2D eigenvalue weighted by Crippen LogP contribution is -2.29. The van der Waals surface area contributed by atoms with Gasteiger partial charge in [0, 0.05) is 11.8 Å². The number of amides is 1. The van der Waals surface area contributed by atoms with Crippen molar-refractivity contribution in [1.82, 2.24) is 0 Å². The van der Waals surface area contributed by atoms with Crippen LogP contribution in [0.5, 0.6) is 0 Å². The van der Waals surface area contributed by atoms with Crippen molar-refractivity contribution in [2.24, 2.45) is 0 Å². The highest BCUT2D eigenvalue weighted by Crippen LogP contribution is 2.08. The van der Waals surface area contributed by atoms with Gasteiger partial charge in [0.1, 0.15) is 5.82 Å². The van der Waals surface area contributed by atoms with Crippen LogP contribution in [0.3, 0.4) is 0 Å². The Hall–Kier alpha value is -2.95. The average molecular weight is 313 g/mol. The minimum atomic E-state index is -0.945. The van der Waals surface area contributed by atoms with Crippen LogP contribution >= 0.6 is 0 Å². The number of ether oxygens (including phenoxy) is 1. The van der Waals surface area contributed by atoms with Crippen molar-refractivity contribution in [3.8, 4) is 0 Å². The first-order valence-electron chi connectivity index (χ1n) is 7.05. The van der Waals surface area contributed by atoms with Gasteiger partial charge in [0.15, 0.2) is 6.10 Å². The van der Waals surface area contributed by atoms with Gasteiger partial charge < -0.3 is 10.1 Å². The summed E-state index contributed by atoms with van der Waals surface area (Å²) in [5.74, 6) is -1.50. The summed E-state index contributed by atoms with van der Waals surface area (Å²) in [6.45, 7) is 1.48. The fraction of sp³-hybridized carbons (Fsp3) is 0.111. The molecule has 1 N–H and O–H groups in total. The van der Waals surface area contributed by atoms with E-state index in [1.54, 1.807) is 30.3 Å². The standard InChI is InChI=1S/C18H16FNO3/c1-13(18(22)20-16-8-3-2-4-9-16)23-17(21)11-10-14-6-5-7-15(19)12-14/h2-13H,1H3,(H,20,22)/b11-10+/t13-/m0/s1. The first-order valence-corrected chi connectivity index (χ1v) is 7.05. The van der Waals surface area contributed by atoms with Crippen LogP contribution in [0.1, 0.15) is 12.5 Å². The molecule has 0 radical (unpaired) electrons. The van der Waals surface area contributed by atoms with Crippen LogP contribution in [-0.4, -0.2) is 18.0 Å². The maximum absolute atomic E-state index is 13.0. The lowest BCUT2D eigenvalue weighted by molar-refractivity contribution is -0.148. The van der Waals surface area contributed by atoms with E-state index in [4.69, 9.17) is 4.74 Å². The summed E-state index contributed by atoms with van der Waals surface area (Å²) >= 11 is 0. The van der Waals surface area contributed by atoms with Crippen LogP contribution in [0.25, 0.3) is 6.08 Å². The van der Waals surface area contributed by atoms with E-state index in [1.165, 1.54) is 31.2 Å². The third-order valence-electron chi connectivity index (χ3n) is 2.96. The summed E-state index contributed by atoms with van der Waals surface area (Å²) in [4.78, 5) is 23.6. The molecular weight excluding hydrogens is 297 g/mol. The molecule has 0 aliphatic heterocycles. The topological polar surface area (TPSA) is 55.4 Å². The molecule has 0 spiro atoms. The van der Waals surface area contributed by atoms with Gasteiger partial charge in [0.2, 0.25) is 0 Å². The van der Waals surface area contributed by atoms with Gasteiger partial charge in [-0.2, -0.15) is 0 Å². The molecule has 0 saturated carbocycles. The number of hydrogen-bond acceptors (Lipinski definition) is 3. The van der Waals surface area contributed by atoms with E-state index in [2.05, 4.69) is 5.32 Å². The van der Waals surface area contributed by atoms with Crippen LogP contribution in [0, 0.1) is 5.82 Å². The molecule has 2 aromatic carbocycles. The monoisotopic (exact) mass is 313 g/mol. The quantitative estimate of drug-likeness (QED) is 0.680. The molecule has 0 aromatic heterocycles. The summed E-state index contributed by atoms with van der Waals surface area (Å²) in [6, 6.07) is 14.7. The number of para-hydroxylation sites is 1. The molecule has 2 rings (SSSR count). The molecule has 0 bridgehead atoms. The maximum atomic E-state index is 13.0. The SMILES string of the molecule is C[C@H](OC(=O)/C=C/c1cccc(F)c1)C(=O)Nc1ccccc1. The van der Waals surface area contributed by atoms with E-state index >= 15 is 0 Å². The Balaban J connectivity index is 1.88. The minimum absolute atomic E-state index is 0.392. The molecule has 23 heavy (non-hydrogen) atoms. The van der Waals surface area contributed by atoms with E-state index < -0.39 is 23.8 Å². The van der Waals surface area contributed by atoms with Crippen molar-refractivity contribution < 1.29 is 18.7 Å². The third-order valence-corrected chi connectivity index (χ3v) is 2.96. The first kappa shape index (κ1) is 16.4. The van der Waals surface area contributed by atoms with Crippen LogP contribution in [0.2, 0.25) is 0 Å². The zero-order chi connectivity index (χ0) is 16.7. The molecule has 118 valence electrons. The highest BCUT2D eigenvalue weighted by atomic mass is 19.1. The predicted molar refractivity (Wildman–Crippen MR) is 86.1 cm³/mol. The number of anilines is 1. The highest BCUT2D eigenvalue weighted by molar-refractivity contribution is 5.96. The second-order valence-electron chi connectivity index (χ2n) is 4.82. The Kier molecular flexibility index (Phi) is 5.63. The summed E-state index contributed by atoms with van der Waals surface area (Å²) in [6.07, 6.45) is 1.63. The fourth-order valence-corrected chi connectivity index (χ4v) is 1.81.